The van der Waals surface area contributed by atoms with Gasteiger partial charge in [-0.25, -0.2) is 9.97 Å². The Kier molecular flexibility index (Phi) is 4.01. The van der Waals surface area contributed by atoms with Crippen LogP contribution < -0.4 is 10.2 Å². The van der Waals surface area contributed by atoms with Crippen molar-refractivity contribution in [2.75, 3.05) is 31.2 Å². The Morgan fingerprint density at radius 1 is 1.37 bits per heavy atom. The second-order valence-corrected chi connectivity index (χ2v) is 6.99. The largest absolute Gasteiger partial charge is 0.381 e. The van der Waals surface area contributed by atoms with Gasteiger partial charge in [-0.15, -0.1) is 0 Å². The molecule has 3 aromatic heterocycles. The summed E-state index contributed by atoms with van der Waals surface area (Å²) < 4.78 is 10.6. The zero-order chi connectivity index (χ0) is 18.2. The number of nitrogens with zero attached hydrogens (tertiary/aromatic N) is 4. The number of rotatable bonds is 5. The summed E-state index contributed by atoms with van der Waals surface area (Å²) in [5.41, 5.74) is 2.01. The molecule has 1 fully saturated rings. The quantitative estimate of drug-likeness (QED) is 0.698. The zero-order valence-corrected chi connectivity index (χ0v) is 14.8. The lowest BCUT2D eigenvalue weighted by atomic mass is 10.0. The first-order chi connectivity index (χ1) is 13.3. The number of ether oxygens (including phenoxy) is 1. The second-order valence-electron chi connectivity index (χ2n) is 6.99. The first-order valence-corrected chi connectivity index (χ1v) is 9.16. The molecular formula is C18H20N6O3. The molecule has 3 aromatic rings. The normalized spacial score (nSPS) is 17.0. The van der Waals surface area contributed by atoms with Gasteiger partial charge in [-0.05, 0) is 12.5 Å². The lowest BCUT2D eigenvalue weighted by Gasteiger charge is -2.27. The number of amides is 1. The fourth-order valence-electron chi connectivity index (χ4n) is 3.60. The minimum atomic E-state index is -0.184. The van der Waals surface area contributed by atoms with E-state index in [1.165, 1.54) is 0 Å². The molecular weight excluding hydrogens is 348 g/mol. The van der Waals surface area contributed by atoms with Crippen LogP contribution in [0.4, 0.5) is 5.82 Å². The maximum Gasteiger partial charge on any atom is 0.273 e. The highest BCUT2D eigenvalue weighted by Gasteiger charge is 2.29. The minimum Gasteiger partial charge on any atom is -0.381 e. The Bertz CT molecular complexity index is 977. The van der Waals surface area contributed by atoms with Crippen molar-refractivity contribution in [1.29, 1.82) is 0 Å². The number of aromatic nitrogens is 4. The molecule has 1 amide bonds. The number of carbonyl (C=O) groups excluding carboxylic acids is 1. The molecule has 9 nitrogen and oxygen atoms in total. The number of fused-ring (bicyclic) bond motifs is 2. The molecule has 0 unspecified atom stereocenters. The molecule has 0 atom stereocenters. The van der Waals surface area contributed by atoms with Gasteiger partial charge in [0.25, 0.3) is 5.91 Å². The summed E-state index contributed by atoms with van der Waals surface area (Å²) in [7, 11) is 0. The van der Waals surface area contributed by atoms with Crippen molar-refractivity contribution in [2.24, 2.45) is 5.92 Å². The molecule has 2 aliphatic rings. The highest BCUT2D eigenvalue weighted by molar-refractivity contribution is 5.94. The van der Waals surface area contributed by atoms with Gasteiger partial charge in [-0.2, -0.15) is 0 Å². The van der Waals surface area contributed by atoms with Crippen molar-refractivity contribution >= 4 is 22.8 Å². The molecule has 2 N–H and O–H groups in total. The van der Waals surface area contributed by atoms with Gasteiger partial charge >= 0.3 is 0 Å². The van der Waals surface area contributed by atoms with E-state index in [-0.39, 0.29) is 5.91 Å². The number of carbonyl (C=O) groups is 1. The Morgan fingerprint density at radius 2 is 2.30 bits per heavy atom. The van der Waals surface area contributed by atoms with Gasteiger partial charge < -0.3 is 24.5 Å². The molecule has 1 saturated heterocycles. The van der Waals surface area contributed by atoms with Crippen molar-refractivity contribution in [2.45, 2.75) is 19.4 Å². The van der Waals surface area contributed by atoms with Gasteiger partial charge in [0.2, 0.25) is 0 Å². The topological polar surface area (TPSA) is 109 Å². The summed E-state index contributed by atoms with van der Waals surface area (Å²) in [6, 6.07) is 1.96. The van der Waals surface area contributed by atoms with E-state index >= 15 is 0 Å². The first-order valence-electron chi connectivity index (χ1n) is 9.16. The summed E-state index contributed by atoms with van der Waals surface area (Å²) in [6.07, 6.45) is 5.01. The predicted octanol–water partition coefficient (Wildman–Crippen LogP) is 1.27. The van der Waals surface area contributed by atoms with Crippen LogP contribution in [0.3, 0.4) is 0 Å². The molecule has 5 heterocycles. The van der Waals surface area contributed by atoms with Crippen molar-refractivity contribution in [3.8, 4) is 0 Å². The number of anilines is 1. The van der Waals surface area contributed by atoms with Crippen LogP contribution in [-0.4, -0.2) is 52.3 Å². The molecule has 5 rings (SSSR count). The van der Waals surface area contributed by atoms with Crippen molar-refractivity contribution in [1.82, 2.24) is 25.4 Å². The van der Waals surface area contributed by atoms with Crippen LogP contribution in [0.15, 0.2) is 23.1 Å². The monoisotopic (exact) mass is 368 g/mol. The number of hydrogen-bond acceptors (Lipinski definition) is 7. The number of nitrogens with one attached hydrogen (secondary N) is 2. The molecule has 0 bridgehead atoms. The highest BCUT2D eigenvalue weighted by atomic mass is 16.5. The predicted molar refractivity (Wildman–Crippen MR) is 96.4 cm³/mol. The third kappa shape index (κ3) is 2.93. The maximum atomic E-state index is 12.6. The average molecular weight is 368 g/mol. The van der Waals surface area contributed by atoms with Crippen LogP contribution >= 0.6 is 0 Å². The molecule has 9 heteroatoms. The summed E-state index contributed by atoms with van der Waals surface area (Å²) >= 11 is 0. The second kappa shape index (κ2) is 6.66. The van der Waals surface area contributed by atoms with E-state index in [9.17, 15) is 4.79 Å². The van der Waals surface area contributed by atoms with Crippen LogP contribution in [0, 0.1) is 5.92 Å². The van der Waals surface area contributed by atoms with E-state index in [0.29, 0.717) is 31.1 Å². The van der Waals surface area contributed by atoms with E-state index in [1.807, 2.05) is 12.3 Å². The molecule has 0 radical (unpaired) electrons. The molecule has 27 heavy (non-hydrogen) atoms. The van der Waals surface area contributed by atoms with Crippen LogP contribution in [-0.2, 0) is 17.7 Å². The Balaban J connectivity index is 1.33. The van der Waals surface area contributed by atoms with Gasteiger partial charge in [0, 0.05) is 37.2 Å². The average Bonchev–Trinajstić information content (AvgIpc) is 3.29. The number of H-pyrrole nitrogens is 1. The standard InChI is InChI=1S/C18H20N6O3/c25-18(20-4-1-11-8-26-9-11)15-13-7-24(6-3-14(13)27-23-15)17-12-2-5-19-16(12)21-10-22-17/h2,5,10-11H,1,3-4,6-9H2,(H,20,25)(H,19,21,22). The van der Waals surface area contributed by atoms with E-state index in [2.05, 4.69) is 30.3 Å². The number of aromatic amines is 1. The molecule has 140 valence electrons. The summed E-state index contributed by atoms with van der Waals surface area (Å²) in [6.45, 7) is 3.49. The smallest absolute Gasteiger partial charge is 0.273 e. The molecule has 2 aliphatic heterocycles. The third-order valence-corrected chi connectivity index (χ3v) is 5.22. The molecule has 0 spiro atoms. The summed E-state index contributed by atoms with van der Waals surface area (Å²) in [4.78, 5) is 26.5. The SMILES string of the molecule is O=C(NCCC1COC1)c1noc2c1CN(c1ncnc3[nH]ccc13)CC2. The summed E-state index contributed by atoms with van der Waals surface area (Å²) in [5, 5.41) is 7.95. The van der Waals surface area contributed by atoms with E-state index in [4.69, 9.17) is 9.26 Å². The van der Waals surface area contributed by atoms with E-state index in [1.54, 1.807) is 6.33 Å². The Hall–Kier alpha value is -2.94. The highest BCUT2D eigenvalue weighted by Crippen LogP contribution is 2.29. The number of hydrogen-bond donors (Lipinski definition) is 2. The van der Waals surface area contributed by atoms with Gasteiger partial charge in [0.15, 0.2) is 5.69 Å². The van der Waals surface area contributed by atoms with Crippen LogP contribution in [0.1, 0.15) is 28.2 Å². The molecule has 0 saturated carbocycles. The van der Waals surface area contributed by atoms with Gasteiger partial charge in [0.05, 0.1) is 25.1 Å². The van der Waals surface area contributed by atoms with Crippen LogP contribution in [0.2, 0.25) is 0 Å². The fourth-order valence-corrected chi connectivity index (χ4v) is 3.60. The zero-order valence-electron chi connectivity index (χ0n) is 14.8. The molecule has 0 aliphatic carbocycles. The van der Waals surface area contributed by atoms with Gasteiger partial charge in [0.1, 0.15) is 23.6 Å². The van der Waals surface area contributed by atoms with Gasteiger partial charge in [-0.3, -0.25) is 4.79 Å². The van der Waals surface area contributed by atoms with Crippen molar-refractivity contribution < 1.29 is 14.1 Å². The minimum absolute atomic E-state index is 0.184. The van der Waals surface area contributed by atoms with Crippen LogP contribution in [0.5, 0.6) is 0 Å². The maximum absolute atomic E-state index is 12.6. The van der Waals surface area contributed by atoms with Crippen molar-refractivity contribution in [3.05, 3.63) is 35.6 Å². The lowest BCUT2D eigenvalue weighted by Crippen LogP contribution is -2.35. The van der Waals surface area contributed by atoms with E-state index < -0.39 is 0 Å². The summed E-state index contributed by atoms with van der Waals surface area (Å²) in [5.74, 6) is 2.00. The van der Waals surface area contributed by atoms with E-state index in [0.717, 1.165) is 54.4 Å². The van der Waals surface area contributed by atoms with Gasteiger partial charge in [-0.1, -0.05) is 5.16 Å². The third-order valence-electron chi connectivity index (χ3n) is 5.22. The fraction of sp³-hybridized carbons (Fsp3) is 0.444. The molecule has 0 aromatic carbocycles. The van der Waals surface area contributed by atoms with Crippen molar-refractivity contribution in [3.63, 3.8) is 0 Å². The van der Waals surface area contributed by atoms with Crippen LogP contribution in [0.25, 0.3) is 11.0 Å². The first kappa shape index (κ1) is 16.2. The Labute approximate surface area is 155 Å². The Morgan fingerprint density at radius 3 is 3.15 bits per heavy atom. The lowest BCUT2D eigenvalue weighted by molar-refractivity contribution is -0.0349.